The van der Waals surface area contributed by atoms with Crippen molar-refractivity contribution < 1.29 is 18.0 Å². The quantitative estimate of drug-likeness (QED) is 0.785. The molecule has 0 radical (unpaired) electrons. The van der Waals surface area contributed by atoms with Crippen molar-refractivity contribution in [2.45, 2.75) is 20.4 Å². The molecule has 3 rings (SSSR count). The molecule has 0 atom stereocenters. The Balaban J connectivity index is 1.83. The number of benzene rings is 2. The molecule has 0 saturated heterocycles. The van der Waals surface area contributed by atoms with Crippen molar-refractivity contribution in [3.63, 3.8) is 0 Å². The van der Waals surface area contributed by atoms with Gasteiger partial charge in [-0.15, -0.1) is 0 Å². The van der Waals surface area contributed by atoms with Gasteiger partial charge in [0.15, 0.2) is 5.76 Å². The van der Waals surface area contributed by atoms with E-state index >= 15 is 0 Å². The van der Waals surface area contributed by atoms with Crippen molar-refractivity contribution in [3.8, 4) is 0 Å². The van der Waals surface area contributed by atoms with Gasteiger partial charge in [0.05, 0.1) is 0 Å². The molecular formula is C18H15F2NO2. The van der Waals surface area contributed by atoms with Crippen LogP contribution in [0.25, 0.3) is 11.0 Å². The van der Waals surface area contributed by atoms with Crippen molar-refractivity contribution in [2.75, 3.05) is 0 Å². The van der Waals surface area contributed by atoms with Crippen LogP contribution >= 0.6 is 0 Å². The molecule has 3 nitrogen and oxygen atoms in total. The predicted molar refractivity (Wildman–Crippen MR) is 83.2 cm³/mol. The molecular weight excluding hydrogens is 300 g/mol. The molecule has 23 heavy (non-hydrogen) atoms. The van der Waals surface area contributed by atoms with Crippen molar-refractivity contribution >= 4 is 16.9 Å². The van der Waals surface area contributed by atoms with Gasteiger partial charge in [-0.25, -0.2) is 8.78 Å². The van der Waals surface area contributed by atoms with E-state index in [1.165, 1.54) is 0 Å². The summed E-state index contributed by atoms with van der Waals surface area (Å²) in [6, 6.07) is 8.77. The molecule has 5 heteroatoms. The standard InChI is InChI=1S/C18H15F2NO2/c1-10-3-6-16-14(7-10)11(2)17(23-16)18(22)21-9-12-8-13(19)4-5-15(12)20/h3-8H,9H2,1-2H3,(H,21,22). The van der Waals surface area contributed by atoms with Crippen LogP contribution in [-0.2, 0) is 6.54 Å². The van der Waals surface area contributed by atoms with E-state index in [9.17, 15) is 13.6 Å². The van der Waals surface area contributed by atoms with Crippen LogP contribution in [0.15, 0.2) is 40.8 Å². The summed E-state index contributed by atoms with van der Waals surface area (Å²) in [5.41, 5.74) is 2.49. The minimum Gasteiger partial charge on any atom is -0.451 e. The Bertz CT molecular complexity index is 899. The average Bonchev–Trinajstić information content (AvgIpc) is 2.85. The summed E-state index contributed by atoms with van der Waals surface area (Å²) in [5, 5.41) is 3.43. The number of nitrogens with one attached hydrogen (secondary N) is 1. The second kappa shape index (κ2) is 5.83. The van der Waals surface area contributed by atoms with Gasteiger partial charge in [0, 0.05) is 23.1 Å². The van der Waals surface area contributed by atoms with E-state index in [1.807, 2.05) is 19.1 Å². The second-order valence-corrected chi connectivity index (χ2v) is 5.47. The molecule has 0 saturated carbocycles. The van der Waals surface area contributed by atoms with E-state index in [0.29, 0.717) is 5.58 Å². The zero-order valence-electron chi connectivity index (χ0n) is 12.7. The summed E-state index contributed by atoms with van der Waals surface area (Å²) in [4.78, 5) is 12.3. The van der Waals surface area contributed by atoms with Gasteiger partial charge in [-0.1, -0.05) is 11.6 Å². The number of hydrogen-bond acceptors (Lipinski definition) is 2. The predicted octanol–water partition coefficient (Wildman–Crippen LogP) is 4.26. The summed E-state index contributed by atoms with van der Waals surface area (Å²) >= 11 is 0. The van der Waals surface area contributed by atoms with Crippen LogP contribution in [0.5, 0.6) is 0 Å². The van der Waals surface area contributed by atoms with Gasteiger partial charge < -0.3 is 9.73 Å². The number of aryl methyl sites for hydroxylation is 2. The first-order chi connectivity index (χ1) is 11.0. The summed E-state index contributed by atoms with van der Waals surface area (Å²) in [6.07, 6.45) is 0. The van der Waals surface area contributed by atoms with Gasteiger partial charge in [-0.3, -0.25) is 4.79 Å². The number of carbonyl (C=O) groups excluding carboxylic acids is 1. The Morgan fingerprint density at radius 1 is 1.13 bits per heavy atom. The molecule has 0 aliphatic heterocycles. The van der Waals surface area contributed by atoms with Crippen LogP contribution < -0.4 is 5.32 Å². The Labute approximate surface area is 131 Å². The van der Waals surface area contributed by atoms with E-state index in [1.54, 1.807) is 13.0 Å². The smallest absolute Gasteiger partial charge is 0.287 e. The number of hydrogen-bond donors (Lipinski definition) is 1. The van der Waals surface area contributed by atoms with Gasteiger partial charge in [0.25, 0.3) is 5.91 Å². The minimum absolute atomic E-state index is 0.0861. The lowest BCUT2D eigenvalue weighted by Crippen LogP contribution is -2.23. The third-order valence-electron chi connectivity index (χ3n) is 3.75. The van der Waals surface area contributed by atoms with Crippen LogP contribution in [0.3, 0.4) is 0 Å². The lowest BCUT2D eigenvalue weighted by molar-refractivity contribution is 0.0924. The zero-order chi connectivity index (χ0) is 16.6. The first-order valence-corrected chi connectivity index (χ1v) is 7.17. The Morgan fingerprint density at radius 2 is 1.91 bits per heavy atom. The first-order valence-electron chi connectivity index (χ1n) is 7.17. The van der Waals surface area contributed by atoms with Gasteiger partial charge in [-0.05, 0) is 44.2 Å². The normalized spacial score (nSPS) is 11.0. The molecule has 1 aromatic heterocycles. The number of fused-ring (bicyclic) bond motifs is 1. The minimum atomic E-state index is -0.566. The van der Waals surface area contributed by atoms with Gasteiger partial charge in [0.2, 0.25) is 0 Å². The van der Waals surface area contributed by atoms with Crippen LogP contribution in [-0.4, -0.2) is 5.91 Å². The van der Waals surface area contributed by atoms with Crippen LogP contribution in [0.1, 0.15) is 27.2 Å². The monoisotopic (exact) mass is 315 g/mol. The highest BCUT2D eigenvalue weighted by Crippen LogP contribution is 2.26. The number of amides is 1. The van der Waals surface area contributed by atoms with E-state index in [0.717, 1.165) is 34.7 Å². The van der Waals surface area contributed by atoms with Crippen LogP contribution in [0, 0.1) is 25.5 Å². The third-order valence-corrected chi connectivity index (χ3v) is 3.75. The summed E-state index contributed by atoms with van der Waals surface area (Å²) in [5.74, 6) is -1.39. The fourth-order valence-corrected chi connectivity index (χ4v) is 2.49. The molecule has 1 N–H and O–H groups in total. The van der Waals surface area contributed by atoms with Gasteiger partial charge in [-0.2, -0.15) is 0 Å². The van der Waals surface area contributed by atoms with Crippen LogP contribution in [0.2, 0.25) is 0 Å². The van der Waals surface area contributed by atoms with E-state index in [-0.39, 0.29) is 17.9 Å². The molecule has 0 spiro atoms. The number of carbonyl (C=O) groups is 1. The Kier molecular flexibility index (Phi) is 3.86. The summed E-state index contributed by atoms with van der Waals surface area (Å²) < 4.78 is 32.3. The van der Waals surface area contributed by atoms with Crippen LogP contribution in [0.4, 0.5) is 8.78 Å². The molecule has 0 aliphatic rings. The molecule has 1 amide bonds. The fraction of sp³-hybridized carbons (Fsp3) is 0.167. The largest absolute Gasteiger partial charge is 0.451 e. The fourth-order valence-electron chi connectivity index (χ4n) is 2.49. The molecule has 0 fully saturated rings. The molecule has 118 valence electrons. The molecule has 2 aromatic carbocycles. The highest BCUT2D eigenvalue weighted by Gasteiger charge is 2.18. The van der Waals surface area contributed by atoms with E-state index in [2.05, 4.69) is 5.32 Å². The number of furan rings is 1. The maximum atomic E-state index is 13.6. The highest BCUT2D eigenvalue weighted by atomic mass is 19.1. The maximum absolute atomic E-state index is 13.6. The Hall–Kier alpha value is -2.69. The number of rotatable bonds is 3. The lowest BCUT2D eigenvalue weighted by Gasteiger charge is -2.05. The van der Waals surface area contributed by atoms with Crippen molar-refractivity contribution in [1.82, 2.24) is 5.32 Å². The van der Waals surface area contributed by atoms with Gasteiger partial charge in [0.1, 0.15) is 17.2 Å². The zero-order valence-corrected chi connectivity index (χ0v) is 12.7. The third kappa shape index (κ3) is 2.95. The molecule has 0 bridgehead atoms. The SMILES string of the molecule is Cc1ccc2oc(C(=O)NCc3cc(F)ccc3F)c(C)c2c1. The maximum Gasteiger partial charge on any atom is 0.287 e. The van der Waals surface area contributed by atoms with Crippen molar-refractivity contribution in [3.05, 3.63) is 70.5 Å². The highest BCUT2D eigenvalue weighted by molar-refractivity contribution is 5.99. The van der Waals surface area contributed by atoms with E-state index in [4.69, 9.17) is 4.42 Å². The molecule has 0 unspecified atom stereocenters. The lowest BCUT2D eigenvalue weighted by atomic mass is 10.1. The first kappa shape index (κ1) is 15.2. The number of halogens is 2. The average molecular weight is 315 g/mol. The molecule has 1 heterocycles. The molecule has 0 aliphatic carbocycles. The Morgan fingerprint density at radius 3 is 2.70 bits per heavy atom. The summed E-state index contributed by atoms with van der Waals surface area (Å²) in [7, 11) is 0. The second-order valence-electron chi connectivity index (χ2n) is 5.47. The van der Waals surface area contributed by atoms with E-state index < -0.39 is 17.5 Å². The van der Waals surface area contributed by atoms with Gasteiger partial charge >= 0.3 is 0 Å². The topological polar surface area (TPSA) is 42.2 Å². The van der Waals surface area contributed by atoms with Crippen molar-refractivity contribution in [2.24, 2.45) is 0 Å². The summed E-state index contributed by atoms with van der Waals surface area (Å²) in [6.45, 7) is 3.64. The molecule has 3 aromatic rings. The van der Waals surface area contributed by atoms with Crippen molar-refractivity contribution in [1.29, 1.82) is 0 Å².